The maximum Gasteiger partial charge on any atom is 0.0511 e. The smallest absolute Gasteiger partial charge is 0.0511 e. The molecule has 3 heteroatoms. The van der Waals surface area contributed by atoms with E-state index in [1.165, 1.54) is 24.1 Å². The number of halogens is 1. The van der Waals surface area contributed by atoms with Gasteiger partial charge in [0.2, 0.25) is 0 Å². The van der Waals surface area contributed by atoms with Crippen LogP contribution in [-0.2, 0) is 4.74 Å². The first-order valence-electron chi connectivity index (χ1n) is 5.83. The van der Waals surface area contributed by atoms with Crippen molar-refractivity contribution in [3.8, 4) is 0 Å². The van der Waals surface area contributed by atoms with Gasteiger partial charge in [0.1, 0.15) is 0 Å². The average molecular weight is 240 g/mol. The van der Waals surface area contributed by atoms with Gasteiger partial charge in [-0.25, -0.2) is 0 Å². The van der Waals surface area contributed by atoms with Crippen LogP contribution in [0.15, 0.2) is 18.2 Å². The minimum Gasteiger partial charge on any atom is -0.384 e. The molecular formula is C13H18ClNO. The van der Waals surface area contributed by atoms with Crippen LogP contribution in [0.2, 0.25) is 5.02 Å². The number of aryl methyl sites for hydroxylation is 1. The molecule has 2 rings (SSSR count). The molecule has 1 fully saturated rings. The third kappa shape index (κ3) is 3.13. The molecule has 1 saturated heterocycles. The first-order valence-corrected chi connectivity index (χ1v) is 6.21. The lowest BCUT2D eigenvalue weighted by atomic mass is 10.0. The van der Waals surface area contributed by atoms with Crippen molar-refractivity contribution in [2.45, 2.75) is 19.8 Å². The molecule has 1 unspecified atom stereocenters. The number of ether oxygens (including phenoxy) is 1. The van der Waals surface area contributed by atoms with Gasteiger partial charge in [0.05, 0.1) is 6.61 Å². The standard InChI is InChI=1S/C13H18ClNO/c1-10-7-12(14)4-5-13(10)15-8-11-3-2-6-16-9-11/h4-5,7,11,15H,2-3,6,8-9H2,1H3. The highest BCUT2D eigenvalue weighted by Crippen LogP contribution is 2.21. The van der Waals surface area contributed by atoms with Gasteiger partial charge >= 0.3 is 0 Å². The highest BCUT2D eigenvalue weighted by molar-refractivity contribution is 6.30. The average Bonchev–Trinajstić information content (AvgIpc) is 2.29. The molecule has 0 aliphatic carbocycles. The zero-order chi connectivity index (χ0) is 11.4. The molecule has 1 heterocycles. The van der Waals surface area contributed by atoms with Crippen LogP contribution >= 0.6 is 11.6 Å². The summed E-state index contributed by atoms with van der Waals surface area (Å²) in [5, 5.41) is 4.27. The van der Waals surface area contributed by atoms with Crippen LogP contribution in [0.25, 0.3) is 0 Å². The Morgan fingerprint density at radius 1 is 1.50 bits per heavy atom. The number of rotatable bonds is 3. The topological polar surface area (TPSA) is 21.3 Å². The van der Waals surface area contributed by atoms with E-state index in [0.29, 0.717) is 5.92 Å². The second kappa shape index (κ2) is 5.55. The minimum atomic E-state index is 0.642. The lowest BCUT2D eigenvalue weighted by molar-refractivity contribution is 0.0595. The highest BCUT2D eigenvalue weighted by Gasteiger charge is 2.13. The molecule has 1 aromatic rings. The van der Waals surface area contributed by atoms with Gasteiger partial charge in [0, 0.05) is 23.9 Å². The zero-order valence-corrected chi connectivity index (χ0v) is 10.4. The Kier molecular flexibility index (Phi) is 4.08. The van der Waals surface area contributed by atoms with Crippen molar-refractivity contribution in [1.29, 1.82) is 0 Å². The molecule has 0 spiro atoms. The third-order valence-corrected chi connectivity index (χ3v) is 3.26. The minimum absolute atomic E-state index is 0.642. The molecule has 0 radical (unpaired) electrons. The van der Waals surface area contributed by atoms with Gasteiger partial charge in [-0.15, -0.1) is 0 Å². The fourth-order valence-corrected chi connectivity index (χ4v) is 2.27. The van der Waals surface area contributed by atoms with Crippen molar-refractivity contribution in [2.75, 3.05) is 25.1 Å². The summed E-state index contributed by atoms with van der Waals surface area (Å²) in [5.41, 5.74) is 2.37. The van der Waals surface area contributed by atoms with Crippen molar-refractivity contribution in [1.82, 2.24) is 0 Å². The number of hydrogen-bond donors (Lipinski definition) is 1. The number of nitrogens with one attached hydrogen (secondary N) is 1. The first kappa shape index (κ1) is 11.7. The molecule has 88 valence electrons. The fraction of sp³-hybridized carbons (Fsp3) is 0.538. The molecule has 1 aromatic carbocycles. The van der Waals surface area contributed by atoms with Crippen LogP contribution in [0.4, 0.5) is 5.69 Å². The van der Waals surface area contributed by atoms with E-state index in [1.54, 1.807) is 0 Å². The summed E-state index contributed by atoms with van der Waals surface area (Å²) in [7, 11) is 0. The van der Waals surface area contributed by atoms with E-state index in [-0.39, 0.29) is 0 Å². The van der Waals surface area contributed by atoms with Crippen molar-refractivity contribution in [3.63, 3.8) is 0 Å². The van der Waals surface area contributed by atoms with Crippen molar-refractivity contribution in [2.24, 2.45) is 5.92 Å². The van der Waals surface area contributed by atoms with Gasteiger partial charge in [-0.2, -0.15) is 0 Å². The lowest BCUT2D eigenvalue weighted by Crippen LogP contribution is -2.24. The Labute approximate surface area is 102 Å². The van der Waals surface area contributed by atoms with Gasteiger partial charge in [-0.1, -0.05) is 11.6 Å². The normalized spacial score (nSPS) is 20.8. The third-order valence-electron chi connectivity index (χ3n) is 3.02. The van der Waals surface area contributed by atoms with Gasteiger partial charge in [0.15, 0.2) is 0 Å². The molecule has 1 aliphatic rings. The van der Waals surface area contributed by atoms with E-state index in [1.807, 2.05) is 18.2 Å². The summed E-state index contributed by atoms with van der Waals surface area (Å²) in [6.45, 7) is 4.88. The van der Waals surface area contributed by atoms with Crippen LogP contribution in [0.3, 0.4) is 0 Å². The Balaban J connectivity index is 1.88. The summed E-state index contributed by atoms with van der Waals surface area (Å²) >= 11 is 5.92. The molecule has 0 bridgehead atoms. The first-order chi connectivity index (χ1) is 7.75. The van der Waals surface area contributed by atoms with E-state index >= 15 is 0 Å². The fourth-order valence-electron chi connectivity index (χ4n) is 2.05. The monoisotopic (exact) mass is 239 g/mol. The number of anilines is 1. The lowest BCUT2D eigenvalue weighted by Gasteiger charge is -2.23. The SMILES string of the molecule is Cc1cc(Cl)ccc1NCC1CCCOC1. The van der Waals surface area contributed by atoms with Crippen LogP contribution in [0.5, 0.6) is 0 Å². The molecule has 0 aromatic heterocycles. The Morgan fingerprint density at radius 2 is 2.38 bits per heavy atom. The van der Waals surface area contributed by atoms with E-state index in [9.17, 15) is 0 Å². The summed E-state index contributed by atoms with van der Waals surface area (Å²) in [5.74, 6) is 0.642. The largest absolute Gasteiger partial charge is 0.384 e. The molecular weight excluding hydrogens is 222 g/mol. The molecule has 1 atom stereocenters. The molecule has 2 nitrogen and oxygen atoms in total. The Bertz CT molecular complexity index is 348. The second-order valence-corrected chi connectivity index (χ2v) is 4.86. The van der Waals surface area contributed by atoms with Gasteiger partial charge in [0.25, 0.3) is 0 Å². The predicted octanol–water partition coefficient (Wildman–Crippen LogP) is 3.49. The summed E-state index contributed by atoms with van der Waals surface area (Å²) in [4.78, 5) is 0. The van der Waals surface area contributed by atoms with Gasteiger partial charge < -0.3 is 10.1 Å². The molecule has 1 aliphatic heterocycles. The number of benzene rings is 1. The van der Waals surface area contributed by atoms with Crippen molar-refractivity contribution in [3.05, 3.63) is 28.8 Å². The quantitative estimate of drug-likeness (QED) is 0.872. The van der Waals surface area contributed by atoms with Gasteiger partial charge in [-0.3, -0.25) is 0 Å². The predicted molar refractivity (Wildman–Crippen MR) is 68.2 cm³/mol. The maximum absolute atomic E-state index is 5.92. The van der Waals surface area contributed by atoms with Crippen LogP contribution in [0.1, 0.15) is 18.4 Å². The van der Waals surface area contributed by atoms with E-state index in [4.69, 9.17) is 16.3 Å². The van der Waals surface area contributed by atoms with Crippen molar-refractivity contribution >= 4 is 17.3 Å². The Morgan fingerprint density at radius 3 is 3.06 bits per heavy atom. The molecule has 1 N–H and O–H groups in total. The molecule has 0 saturated carbocycles. The zero-order valence-electron chi connectivity index (χ0n) is 9.63. The highest BCUT2D eigenvalue weighted by atomic mass is 35.5. The van der Waals surface area contributed by atoms with Crippen LogP contribution < -0.4 is 5.32 Å². The van der Waals surface area contributed by atoms with Crippen LogP contribution in [0, 0.1) is 12.8 Å². The summed E-state index contributed by atoms with van der Waals surface area (Å²) < 4.78 is 5.46. The maximum atomic E-state index is 5.92. The summed E-state index contributed by atoms with van der Waals surface area (Å²) in [6.07, 6.45) is 2.45. The van der Waals surface area contributed by atoms with E-state index in [0.717, 1.165) is 24.8 Å². The van der Waals surface area contributed by atoms with E-state index < -0.39 is 0 Å². The number of hydrogen-bond acceptors (Lipinski definition) is 2. The second-order valence-electron chi connectivity index (χ2n) is 4.42. The summed E-state index contributed by atoms with van der Waals surface area (Å²) in [6, 6.07) is 5.96. The Hall–Kier alpha value is -0.730. The van der Waals surface area contributed by atoms with Gasteiger partial charge in [-0.05, 0) is 49.4 Å². The van der Waals surface area contributed by atoms with Crippen LogP contribution in [-0.4, -0.2) is 19.8 Å². The molecule has 0 amide bonds. The molecule has 16 heavy (non-hydrogen) atoms. The van der Waals surface area contributed by atoms with Crippen molar-refractivity contribution < 1.29 is 4.74 Å². The van der Waals surface area contributed by atoms with E-state index in [2.05, 4.69) is 12.2 Å².